The normalized spacial score (nSPS) is 17.7. The Morgan fingerprint density at radius 2 is 1.59 bits per heavy atom. The number of anilines is 1. The molecule has 4 rings (SSSR count). The van der Waals surface area contributed by atoms with E-state index in [0.717, 1.165) is 59.2 Å². The molecule has 182 valence electrons. The molecule has 0 aromatic heterocycles. The first-order chi connectivity index (χ1) is 16.4. The van der Waals surface area contributed by atoms with Gasteiger partial charge in [0.25, 0.3) is 0 Å². The van der Waals surface area contributed by atoms with E-state index in [-0.39, 0.29) is 11.7 Å². The lowest BCUT2D eigenvalue weighted by Gasteiger charge is -2.23. The molecule has 0 aliphatic heterocycles. The van der Waals surface area contributed by atoms with Crippen molar-refractivity contribution in [1.82, 2.24) is 5.32 Å². The standard InChI is InChI=1S/C30H39FN2O/c1-4-22(30(34)33-25-10-6-5-7-11-25)18-23-16-21(3)28(17-20(23)2)27-15-14-26(19-29(27)31)32-24-12-8-9-13-24/h14-19,24-25,32H,4-13H2,1-3H3,(H,33,34)/b22-18+. The van der Waals surface area contributed by atoms with E-state index in [4.69, 9.17) is 0 Å². The summed E-state index contributed by atoms with van der Waals surface area (Å²) in [6.07, 6.45) is 13.3. The van der Waals surface area contributed by atoms with Gasteiger partial charge in [-0.25, -0.2) is 4.39 Å². The fourth-order valence-electron chi connectivity index (χ4n) is 5.45. The molecule has 2 saturated carbocycles. The van der Waals surface area contributed by atoms with Crippen LogP contribution in [0.4, 0.5) is 10.1 Å². The van der Waals surface area contributed by atoms with Crippen LogP contribution in [0.15, 0.2) is 35.9 Å². The van der Waals surface area contributed by atoms with E-state index in [2.05, 4.69) is 22.8 Å². The van der Waals surface area contributed by atoms with E-state index in [9.17, 15) is 4.79 Å². The topological polar surface area (TPSA) is 41.1 Å². The van der Waals surface area contributed by atoms with Crippen LogP contribution >= 0.6 is 0 Å². The van der Waals surface area contributed by atoms with Crippen LogP contribution in [-0.4, -0.2) is 18.0 Å². The Hall–Kier alpha value is -2.62. The van der Waals surface area contributed by atoms with Crippen molar-refractivity contribution in [2.24, 2.45) is 0 Å². The summed E-state index contributed by atoms with van der Waals surface area (Å²) >= 11 is 0. The molecule has 0 heterocycles. The Kier molecular flexibility index (Phi) is 8.07. The van der Waals surface area contributed by atoms with Crippen molar-refractivity contribution in [2.75, 3.05) is 5.32 Å². The first-order valence-corrected chi connectivity index (χ1v) is 13.1. The van der Waals surface area contributed by atoms with Crippen molar-refractivity contribution in [3.05, 3.63) is 58.4 Å². The number of amides is 1. The Bertz CT molecular complexity index is 1050. The molecule has 0 radical (unpaired) electrons. The Labute approximate surface area is 204 Å². The zero-order valence-electron chi connectivity index (χ0n) is 21.0. The molecule has 2 aromatic carbocycles. The third kappa shape index (κ3) is 5.89. The molecule has 0 saturated heterocycles. The summed E-state index contributed by atoms with van der Waals surface area (Å²) in [6.45, 7) is 6.08. The van der Waals surface area contributed by atoms with Crippen LogP contribution in [0.1, 0.15) is 87.8 Å². The number of nitrogens with one attached hydrogen (secondary N) is 2. The van der Waals surface area contributed by atoms with Gasteiger partial charge in [0.2, 0.25) is 5.91 Å². The predicted octanol–water partition coefficient (Wildman–Crippen LogP) is 7.71. The quantitative estimate of drug-likeness (QED) is 0.414. The number of hydrogen-bond acceptors (Lipinski definition) is 2. The van der Waals surface area contributed by atoms with Crippen LogP contribution in [0.5, 0.6) is 0 Å². The third-order valence-corrected chi connectivity index (χ3v) is 7.54. The number of halogens is 1. The van der Waals surface area contributed by atoms with Gasteiger partial charge < -0.3 is 10.6 Å². The molecule has 2 aliphatic rings. The molecular formula is C30H39FN2O. The monoisotopic (exact) mass is 462 g/mol. The van der Waals surface area contributed by atoms with E-state index < -0.39 is 0 Å². The number of carbonyl (C=O) groups excluding carboxylic acids is 1. The van der Waals surface area contributed by atoms with Gasteiger partial charge in [0, 0.05) is 28.9 Å². The van der Waals surface area contributed by atoms with E-state index in [1.54, 1.807) is 6.07 Å². The smallest absolute Gasteiger partial charge is 0.247 e. The van der Waals surface area contributed by atoms with Crippen molar-refractivity contribution >= 4 is 17.7 Å². The van der Waals surface area contributed by atoms with E-state index >= 15 is 4.39 Å². The molecule has 34 heavy (non-hydrogen) atoms. The average molecular weight is 463 g/mol. The van der Waals surface area contributed by atoms with Crippen LogP contribution in [0.2, 0.25) is 0 Å². The van der Waals surface area contributed by atoms with Gasteiger partial charge in [-0.05, 0) is 92.5 Å². The van der Waals surface area contributed by atoms with Crippen molar-refractivity contribution in [3.8, 4) is 11.1 Å². The second kappa shape index (κ2) is 11.2. The SMILES string of the molecule is CC/C(=C\c1cc(C)c(-c2ccc(NC3CCCC3)cc2F)cc1C)C(=O)NC1CCCCC1. The highest BCUT2D eigenvalue weighted by molar-refractivity contribution is 5.98. The largest absolute Gasteiger partial charge is 0.382 e. The predicted molar refractivity (Wildman–Crippen MR) is 140 cm³/mol. The van der Waals surface area contributed by atoms with Gasteiger partial charge in [-0.1, -0.05) is 51.2 Å². The van der Waals surface area contributed by atoms with Gasteiger partial charge in [-0.15, -0.1) is 0 Å². The maximum Gasteiger partial charge on any atom is 0.247 e. The van der Waals surface area contributed by atoms with Crippen molar-refractivity contribution in [3.63, 3.8) is 0 Å². The summed E-state index contributed by atoms with van der Waals surface area (Å²) in [5.41, 5.74) is 6.27. The summed E-state index contributed by atoms with van der Waals surface area (Å²) in [7, 11) is 0. The highest BCUT2D eigenvalue weighted by atomic mass is 19.1. The minimum Gasteiger partial charge on any atom is -0.382 e. The fourth-order valence-corrected chi connectivity index (χ4v) is 5.45. The van der Waals surface area contributed by atoms with Crippen LogP contribution in [0, 0.1) is 19.7 Å². The van der Waals surface area contributed by atoms with Gasteiger partial charge in [-0.2, -0.15) is 0 Å². The summed E-state index contributed by atoms with van der Waals surface area (Å²) < 4.78 is 15.1. The number of rotatable bonds is 7. The summed E-state index contributed by atoms with van der Waals surface area (Å²) in [4.78, 5) is 12.9. The number of carbonyl (C=O) groups is 1. The first-order valence-electron chi connectivity index (χ1n) is 13.1. The lowest BCUT2D eigenvalue weighted by atomic mass is 9.93. The Morgan fingerprint density at radius 3 is 2.26 bits per heavy atom. The summed E-state index contributed by atoms with van der Waals surface area (Å²) in [5, 5.41) is 6.71. The minimum absolute atomic E-state index is 0.0481. The van der Waals surface area contributed by atoms with Gasteiger partial charge >= 0.3 is 0 Å². The second-order valence-electron chi connectivity index (χ2n) is 10.2. The molecule has 2 fully saturated rings. The van der Waals surface area contributed by atoms with Gasteiger partial charge in [0.15, 0.2) is 0 Å². The van der Waals surface area contributed by atoms with Crippen molar-refractivity contribution in [2.45, 2.75) is 97.1 Å². The van der Waals surface area contributed by atoms with Crippen LogP contribution in [0.25, 0.3) is 17.2 Å². The number of aryl methyl sites for hydroxylation is 2. The molecule has 0 unspecified atom stereocenters. The third-order valence-electron chi connectivity index (χ3n) is 7.54. The zero-order chi connectivity index (χ0) is 24.1. The maximum absolute atomic E-state index is 15.1. The van der Waals surface area contributed by atoms with E-state index in [1.165, 1.54) is 32.1 Å². The van der Waals surface area contributed by atoms with Crippen LogP contribution < -0.4 is 10.6 Å². The molecule has 2 aliphatic carbocycles. The van der Waals surface area contributed by atoms with Gasteiger partial charge in [0.1, 0.15) is 5.82 Å². The lowest BCUT2D eigenvalue weighted by Crippen LogP contribution is -2.36. The minimum atomic E-state index is -0.199. The molecule has 4 heteroatoms. The molecule has 0 atom stereocenters. The van der Waals surface area contributed by atoms with Crippen molar-refractivity contribution < 1.29 is 9.18 Å². The molecule has 1 amide bonds. The fraction of sp³-hybridized carbons (Fsp3) is 0.500. The summed E-state index contributed by atoms with van der Waals surface area (Å²) in [6, 6.07) is 10.4. The number of hydrogen-bond donors (Lipinski definition) is 2. The average Bonchev–Trinajstić information content (AvgIpc) is 3.33. The molecular weight excluding hydrogens is 423 g/mol. The van der Waals surface area contributed by atoms with Crippen LogP contribution in [-0.2, 0) is 4.79 Å². The van der Waals surface area contributed by atoms with Crippen molar-refractivity contribution in [1.29, 1.82) is 0 Å². The van der Waals surface area contributed by atoms with Crippen LogP contribution in [0.3, 0.4) is 0 Å². The highest BCUT2D eigenvalue weighted by Crippen LogP contribution is 2.32. The molecule has 0 bridgehead atoms. The molecule has 0 spiro atoms. The zero-order valence-corrected chi connectivity index (χ0v) is 21.0. The molecule has 3 nitrogen and oxygen atoms in total. The number of benzene rings is 2. The van der Waals surface area contributed by atoms with Gasteiger partial charge in [0.05, 0.1) is 0 Å². The molecule has 2 aromatic rings. The lowest BCUT2D eigenvalue weighted by molar-refractivity contribution is -0.118. The van der Waals surface area contributed by atoms with E-state index in [0.29, 0.717) is 24.1 Å². The first kappa shape index (κ1) is 24.5. The maximum atomic E-state index is 15.1. The Balaban J connectivity index is 1.53. The summed E-state index contributed by atoms with van der Waals surface area (Å²) in [5.74, 6) is -0.151. The highest BCUT2D eigenvalue weighted by Gasteiger charge is 2.19. The second-order valence-corrected chi connectivity index (χ2v) is 10.2. The van der Waals surface area contributed by atoms with Gasteiger partial charge in [-0.3, -0.25) is 4.79 Å². The Morgan fingerprint density at radius 1 is 0.912 bits per heavy atom. The molecule has 2 N–H and O–H groups in total. The van der Waals surface area contributed by atoms with E-state index in [1.807, 2.05) is 39.0 Å².